The monoisotopic (exact) mass is 298 g/mol. The number of pyridine rings is 1. The topological polar surface area (TPSA) is 43.4 Å². The molecule has 0 bridgehead atoms. The van der Waals surface area contributed by atoms with Gasteiger partial charge in [0.1, 0.15) is 12.4 Å². The Kier molecular flexibility index (Phi) is 7.61. The largest absolute Gasteiger partial charge is 0.475 e. The highest BCUT2D eigenvalue weighted by Crippen LogP contribution is 2.17. The summed E-state index contributed by atoms with van der Waals surface area (Å²) in [6, 6.07) is 1.46. The van der Waals surface area contributed by atoms with Crippen molar-refractivity contribution in [1.82, 2.24) is 10.3 Å². The third kappa shape index (κ3) is 7.97. The molecule has 0 saturated carbocycles. The second-order valence-corrected chi connectivity index (χ2v) is 6.04. The van der Waals surface area contributed by atoms with E-state index in [4.69, 9.17) is 9.47 Å². The molecule has 0 spiro atoms. The van der Waals surface area contributed by atoms with Crippen LogP contribution < -0.4 is 10.1 Å². The molecule has 1 rings (SSSR count). The quantitative estimate of drug-likeness (QED) is 0.710. The predicted octanol–water partition coefficient (Wildman–Crippen LogP) is 3.30. The van der Waals surface area contributed by atoms with Crippen LogP contribution in [-0.4, -0.2) is 30.3 Å². The van der Waals surface area contributed by atoms with Gasteiger partial charge >= 0.3 is 0 Å². The molecule has 4 nitrogen and oxygen atoms in total. The third-order valence-electron chi connectivity index (χ3n) is 2.81. The highest BCUT2D eigenvalue weighted by atomic mass is 19.1. The van der Waals surface area contributed by atoms with Gasteiger partial charge in [0.25, 0.3) is 0 Å². The standard InChI is InChI=1S/C16H27FN2O2/c1-5-6-7-20-8-9-21-15-13(10-14(17)12-18-15)11-19-16(2,3)4/h10,12,19H,5-9,11H2,1-4H3. The normalized spacial score (nSPS) is 11.7. The third-order valence-corrected chi connectivity index (χ3v) is 2.81. The van der Waals surface area contributed by atoms with Crippen LogP contribution in [0.4, 0.5) is 4.39 Å². The maximum absolute atomic E-state index is 13.3. The van der Waals surface area contributed by atoms with Gasteiger partial charge in [-0.15, -0.1) is 0 Å². The predicted molar refractivity (Wildman–Crippen MR) is 82.0 cm³/mol. The first-order valence-electron chi connectivity index (χ1n) is 7.52. The summed E-state index contributed by atoms with van der Waals surface area (Å²) in [7, 11) is 0. The molecule has 21 heavy (non-hydrogen) atoms. The van der Waals surface area contributed by atoms with E-state index in [0.29, 0.717) is 25.6 Å². The minimum absolute atomic E-state index is 0.0488. The van der Waals surface area contributed by atoms with Crippen LogP contribution in [0.25, 0.3) is 0 Å². The van der Waals surface area contributed by atoms with Crippen molar-refractivity contribution in [2.75, 3.05) is 19.8 Å². The van der Waals surface area contributed by atoms with E-state index in [0.717, 1.165) is 25.0 Å². The van der Waals surface area contributed by atoms with E-state index < -0.39 is 0 Å². The molecule has 1 N–H and O–H groups in total. The van der Waals surface area contributed by atoms with Gasteiger partial charge in [0.05, 0.1) is 12.8 Å². The summed E-state index contributed by atoms with van der Waals surface area (Å²) in [5.41, 5.74) is 0.672. The molecule has 1 aromatic rings. The Morgan fingerprint density at radius 2 is 2.00 bits per heavy atom. The Bertz CT molecular complexity index is 419. The number of nitrogens with zero attached hydrogens (tertiary/aromatic N) is 1. The summed E-state index contributed by atoms with van der Waals surface area (Å²) in [6.07, 6.45) is 3.34. The van der Waals surface area contributed by atoms with Gasteiger partial charge in [-0.05, 0) is 33.3 Å². The molecule has 5 heteroatoms. The number of halogens is 1. The second kappa shape index (κ2) is 8.95. The first-order valence-corrected chi connectivity index (χ1v) is 7.52. The smallest absolute Gasteiger partial charge is 0.218 e. The SMILES string of the molecule is CCCCOCCOc1ncc(F)cc1CNC(C)(C)C. The Hall–Kier alpha value is -1.20. The Labute approximate surface area is 127 Å². The molecule has 0 aliphatic rings. The van der Waals surface area contributed by atoms with Crippen LogP contribution in [0.3, 0.4) is 0 Å². The Morgan fingerprint density at radius 3 is 2.67 bits per heavy atom. The van der Waals surface area contributed by atoms with Gasteiger partial charge in [-0.25, -0.2) is 9.37 Å². The maximum Gasteiger partial charge on any atom is 0.218 e. The van der Waals surface area contributed by atoms with Crippen LogP contribution in [0.5, 0.6) is 5.88 Å². The highest BCUT2D eigenvalue weighted by Gasteiger charge is 2.12. The van der Waals surface area contributed by atoms with Gasteiger partial charge < -0.3 is 14.8 Å². The maximum atomic E-state index is 13.3. The zero-order chi connectivity index (χ0) is 15.7. The van der Waals surface area contributed by atoms with E-state index in [2.05, 4.69) is 38.0 Å². The highest BCUT2D eigenvalue weighted by molar-refractivity contribution is 5.26. The summed E-state index contributed by atoms with van der Waals surface area (Å²) in [5.74, 6) is 0.111. The molecule has 0 aliphatic carbocycles. The van der Waals surface area contributed by atoms with Gasteiger partial charge in [-0.1, -0.05) is 13.3 Å². The average Bonchev–Trinajstić information content (AvgIpc) is 2.41. The van der Waals surface area contributed by atoms with Crippen molar-refractivity contribution in [3.8, 4) is 5.88 Å². The number of nitrogens with one attached hydrogen (secondary N) is 1. The van der Waals surface area contributed by atoms with Crippen LogP contribution in [0.1, 0.15) is 46.1 Å². The van der Waals surface area contributed by atoms with Crippen LogP contribution in [0.2, 0.25) is 0 Å². The van der Waals surface area contributed by atoms with E-state index >= 15 is 0 Å². The first kappa shape index (κ1) is 17.9. The summed E-state index contributed by atoms with van der Waals surface area (Å²) in [6.45, 7) is 10.5. The van der Waals surface area contributed by atoms with E-state index in [9.17, 15) is 4.39 Å². The summed E-state index contributed by atoms with van der Waals surface area (Å²) in [4.78, 5) is 4.02. The fourth-order valence-electron chi connectivity index (χ4n) is 1.63. The molecule has 0 radical (unpaired) electrons. The fraction of sp³-hybridized carbons (Fsp3) is 0.688. The Morgan fingerprint density at radius 1 is 1.24 bits per heavy atom. The summed E-state index contributed by atoms with van der Waals surface area (Å²) < 4.78 is 24.4. The molecule has 1 heterocycles. The molecule has 0 aliphatic heterocycles. The average molecular weight is 298 g/mol. The lowest BCUT2D eigenvalue weighted by atomic mass is 10.1. The van der Waals surface area contributed by atoms with Crippen molar-refractivity contribution >= 4 is 0 Å². The number of hydrogen-bond acceptors (Lipinski definition) is 4. The van der Waals surface area contributed by atoms with Crippen molar-refractivity contribution in [3.05, 3.63) is 23.6 Å². The minimum atomic E-state index is -0.354. The van der Waals surface area contributed by atoms with E-state index in [1.54, 1.807) is 0 Å². The van der Waals surface area contributed by atoms with Crippen LogP contribution in [-0.2, 0) is 11.3 Å². The molecule has 0 fully saturated rings. The Balaban J connectivity index is 2.48. The summed E-state index contributed by atoms with van der Waals surface area (Å²) in [5, 5.41) is 3.31. The van der Waals surface area contributed by atoms with Gasteiger partial charge in [0.2, 0.25) is 5.88 Å². The molecule has 0 amide bonds. The van der Waals surface area contributed by atoms with Gasteiger partial charge in [-0.2, -0.15) is 0 Å². The van der Waals surface area contributed by atoms with Crippen LogP contribution in [0, 0.1) is 5.82 Å². The number of hydrogen-bond donors (Lipinski definition) is 1. The van der Waals surface area contributed by atoms with Gasteiger partial charge in [0.15, 0.2) is 0 Å². The number of rotatable bonds is 9. The molecular formula is C16H27FN2O2. The minimum Gasteiger partial charge on any atom is -0.475 e. The molecule has 0 saturated heterocycles. The lowest BCUT2D eigenvalue weighted by Crippen LogP contribution is -2.35. The molecule has 1 aromatic heterocycles. The molecule has 0 atom stereocenters. The molecule has 0 aromatic carbocycles. The lowest BCUT2D eigenvalue weighted by Gasteiger charge is -2.21. The van der Waals surface area contributed by atoms with Gasteiger partial charge in [-0.3, -0.25) is 0 Å². The molecular weight excluding hydrogens is 271 g/mol. The van der Waals surface area contributed by atoms with Crippen molar-refractivity contribution < 1.29 is 13.9 Å². The van der Waals surface area contributed by atoms with Crippen molar-refractivity contribution in [2.45, 2.75) is 52.6 Å². The fourth-order valence-corrected chi connectivity index (χ4v) is 1.63. The van der Waals surface area contributed by atoms with Crippen molar-refractivity contribution in [3.63, 3.8) is 0 Å². The van der Waals surface area contributed by atoms with Crippen molar-refractivity contribution in [2.24, 2.45) is 0 Å². The number of ether oxygens (including phenoxy) is 2. The van der Waals surface area contributed by atoms with Crippen molar-refractivity contribution in [1.29, 1.82) is 0 Å². The lowest BCUT2D eigenvalue weighted by molar-refractivity contribution is 0.0960. The zero-order valence-electron chi connectivity index (χ0n) is 13.5. The van der Waals surface area contributed by atoms with Gasteiger partial charge in [0, 0.05) is 24.3 Å². The number of unbranched alkanes of at least 4 members (excludes halogenated alkanes) is 1. The first-order chi connectivity index (χ1) is 9.92. The van der Waals surface area contributed by atoms with Crippen LogP contribution in [0.15, 0.2) is 12.3 Å². The second-order valence-electron chi connectivity index (χ2n) is 6.04. The summed E-state index contributed by atoms with van der Waals surface area (Å²) >= 11 is 0. The van der Waals surface area contributed by atoms with Crippen LogP contribution >= 0.6 is 0 Å². The molecule has 0 unspecified atom stereocenters. The number of aromatic nitrogens is 1. The van der Waals surface area contributed by atoms with E-state index in [1.807, 2.05) is 0 Å². The molecule has 120 valence electrons. The zero-order valence-corrected chi connectivity index (χ0v) is 13.5. The van der Waals surface area contributed by atoms with E-state index in [-0.39, 0.29) is 11.4 Å². The van der Waals surface area contributed by atoms with E-state index in [1.165, 1.54) is 12.3 Å².